The fourth-order valence-electron chi connectivity index (χ4n) is 4.05. The van der Waals surface area contributed by atoms with Crippen LogP contribution in [0.1, 0.15) is 42.7 Å². The Balaban J connectivity index is 0.00000245. The number of hydrogen-bond acceptors (Lipinski definition) is 7. The van der Waals surface area contributed by atoms with Crippen molar-refractivity contribution in [1.82, 2.24) is 15.0 Å². The molecule has 2 fully saturated rings. The average Bonchev–Trinajstić information content (AvgIpc) is 3.65. The minimum Gasteiger partial charge on any atom is -0.391 e. The lowest BCUT2D eigenvalue weighted by molar-refractivity contribution is 0.154. The predicted octanol–water partition coefficient (Wildman–Crippen LogP) is 4.41. The second-order valence-corrected chi connectivity index (χ2v) is 8.29. The molecule has 0 radical (unpaired) electrons. The van der Waals surface area contributed by atoms with Crippen LogP contribution in [0.15, 0.2) is 48.9 Å². The Hall–Kier alpha value is -3.21. The van der Waals surface area contributed by atoms with Gasteiger partial charge in [0, 0.05) is 31.0 Å². The van der Waals surface area contributed by atoms with Crippen molar-refractivity contribution in [3.05, 3.63) is 60.0 Å². The van der Waals surface area contributed by atoms with E-state index < -0.39 is 0 Å². The van der Waals surface area contributed by atoms with E-state index in [2.05, 4.69) is 44.5 Å². The van der Waals surface area contributed by atoms with Crippen LogP contribution in [0.3, 0.4) is 0 Å². The lowest BCUT2D eigenvalue weighted by atomic mass is 10.1. The van der Waals surface area contributed by atoms with Gasteiger partial charge in [-0.2, -0.15) is 5.26 Å². The number of nitrogens with one attached hydrogen (secondary N) is 1. The Morgan fingerprint density at radius 1 is 1.09 bits per heavy atom. The van der Waals surface area contributed by atoms with E-state index in [4.69, 9.17) is 10.2 Å². The van der Waals surface area contributed by atoms with Crippen molar-refractivity contribution in [3.63, 3.8) is 0 Å². The molecule has 7 nitrogen and oxygen atoms in total. The van der Waals surface area contributed by atoms with E-state index in [1.165, 1.54) is 18.4 Å². The summed E-state index contributed by atoms with van der Waals surface area (Å²) >= 11 is 0. The van der Waals surface area contributed by atoms with Gasteiger partial charge in [-0.25, -0.2) is 9.97 Å². The number of halogens is 1. The molecule has 0 bridgehead atoms. The third-order valence-electron chi connectivity index (χ3n) is 5.82. The number of rotatable bonds is 5. The number of nitrogens with zero attached hydrogens (tertiary/aromatic N) is 5. The maximum absolute atomic E-state index is 10.0. The first-order valence-electron chi connectivity index (χ1n) is 10.7. The van der Waals surface area contributed by atoms with Gasteiger partial charge >= 0.3 is 0 Å². The summed E-state index contributed by atoms with van der Waals surface area (Å²) in [5, 5.41) is 22.4. The molecule has 1 aliphatic carbocycles. The van der Waals surface area contributed by atoms with Crippen LogP contribution in [0.25, 0.3) is 11.3 Å². The van der Waals surface area contributed by atoms with Gasteiger partial charge in [0.15, 0.2) is 0 Å². The molecule has 0 amide bonds. The highest BCUT2D eigenvalue weighted by atomic mass is 35.5. The Labute approximate surface area is 193 Å². The lowest BCUT2D eigenvalue weighted by Crippen LogP contribution is -2.38. The summed E-state index contributed by atoms with van der Waals surface area (Å²) in [6.45, 7) is 1.56. The predicted molar refractivity (Wildman–Crippen MR) is 126 cm³/mol. The minimum absolute atomic E-state index is 0. The van der Waals surface area contributed by atoms with Gasteiger partial charge in [-0.1, -0.05) is 0 Å². The molecule has 8 heteroatoms. The molecule has 3 aromatic rings. The molecule has 0 aromatic carbocycles. The highest BCUT2D eigenvalue weighted by Crippen LogP contribution is 2.42. The third kappa shape index (κ3) is 4.98. The Kier molecular flexibility index (Phi) is 6.54. The first-order chi connectivity index (χ1) is 15.2. The molecule has 1 saturated heterocycles. The molecule has 0 spiro atoms. The van der Waals surface area contributed by atoms with Crippen LogP contribution < -0.4 is 10.2 Å². The highest BCUT2D eigenvalue weighted by Gasteiger charge is 2.25. The molecule has 5 rings (SSSR count). The number of hydrogen-bond donors (Lipinski definition) is 2. The summed E-state index contributed by atoms with van der Waals surface area (Å²) in [6.07, 6.45) is 9.22. The van der Waals surface area contributed by atoms with Crippen LogP contribution in [-0.2, 0) is 0 Å². The molecule has 4 heterocycles. The molecular formula is C24H25ClN6O. The van der Waals surface area contributed by atoms with Crippen molar-refractivity contribution >= 4 is 29.7 Å². The zero-order valence-corrected chi connectivity index (χ0v) is 18.4. The quantitative estimate of drug-likeness (QED) is 0.596. The molecule has 164 valence electrons. The number of aliphatic hydroxyl groups excluding tert-OH is 1. The van der Waals surface area contributed by atoms with Gasteiger partial charge < -0.3 is 15.3 Å². The maximum atomic E-state index is 10.0. The monoisotopic (exact) mass is 448 g/mol. The Morgan fingerprint density at radius 2 is 1.97 bits per heavy atom. The van der Waals surface area contributed by atoms with Crippen LogP contribution in [-0.4, -0.2) is 39.3 Å². The number of aliphatic hydroxyl groups is 1. The Bertz CT molecular complexity index is 1140. The second-order valence-electron chi connectivity index (χ2n) is 8.29. The van der Waals surface area contributed by atoms with Crippen molar-refractivity contribution in [2.24, 2.45) is 0 Å². The lowest BCUT2D eigenvalue weighted by Gasteiger charge is -2.31. The molecule has 1 atom stereocenters. The fourth-order valence-corrected chi connectivity index (χ4v) is 4.05. The first kappa shape index (κ1) is 22.0. The van der Waals surface area contributed by atoms with Crippen LogP contribution in [0.5, 0.6) is 0 Å². The zero-order valence-electron chi connectivity index (χ0n) is 17.6. The summed E-state index contributed by atoms with van der Waals surface area (Å²) in [7, 11) is 0. The van der Waals surface area contributed by atoms with Crippen LogP contribution in [0.2, 0.25) is 0 Å². The van der Waals surface area contributed by atoms with Crippen LogP contribution in [0.4, 0.5) is 17.3 Å². The number of anilines is 3. The number of β-amino-alcohol motifs (C(OH)–C–C–N with tert-alkyl or cyclic N) is 1. The van der Waals surface area contributed by atoms with Gasteiger partial charge in [0.1, 0.15) is 11.6 Å². The molecule has 1 saturated carbocycles. The summed E-state index contributed by atoms with van der Waals surface area (Å²) in [6, 6.07) is 11.9. The molecule has 3 aromatic heterocycles. The maximum Gasteiger partial charge on any atom is 0.132 e. The largest absolute Gasteiger partial charge is 0.391 e. The highest BCUT2D eigenvalue weighted by molar-refractivity contribution is 5.85. The topological polar surface area (TPSA) is 98.0 Å². The molecule has 32 heavy (non-hydrogen) atoms. The van der Waals surface area contributed by atoms with Crippen molar-refractivity contribution in [2.75, 3.05) is 23.3 Å². The van der Waals surface area contributed by atoms with E-state index in [0.717, 1.165) is 36.3 Å². The standard InChI is InChI=1S/C24H24N6O.ClH/c25-12-16-5-6-27-23(8-16)29-24-11-18(17-3-4-17)10-22(28-24)19-9-20(14-26-13-19)30-7-1-2-21(31)15-30;/h5-6,8-11,13-14,17,21,31H,1-4,7,15H2,(H,27,28,29);1H/t21-;/m0./s1. The van der Waals surface area contributed by atoms with Crippen molar-refractivity contribution < 1.29 is 5.11 Å². The Morgan fingerprint density at radius 3 is 2.75 bits per heavy atom. The van der Waals surface area contributed by atoms with Gasteiger partial charge in [0.2, 0.25) is 0 Å². The van der Waals surface area contributed by atoms with E-state index in [9.17, 15) is 5.11 Å². The number of pyridine rings is 3. The third-order valence-corrected chi connectivity index (χ3v) is 5.82. The van der Waals surface area contributed by atoms with Gasteiger partial charge in [0.25, 0.3) is 0 Å². The van der Waals surface area contributed by atoms with Crippen LogP contribution in [0, 0.1) is 11.3 Å². The molecule has 1 aliphatic heterocycles. The number of piperidine rings is 1. The minimum atomic E-state index is -0.291. The van der Waals surface area contributed by atoms with Crippen molar-refractivity contribution in [2.45, 2.75) is 37.7 Å². The summed E-state index contributed by atoms with van der Waals surface area (Å²) in [4.78, 5) is 15.8. The van der Waals surface area contributed by atoms with E-state index >= 15 is 0 Å². The summed E-state index contributed by atoms with van der Waals surface area (Å²) in [5.74, 6) is 1.87. The van der Waals surface area contributed by atoms with Gasteiger partial charge in [0.05, 0.1) is 35.3 Å². The van der Waals surface area contributed by atoms with Gasteiger partial charge in [-0.15, -0.1) is 12.4 Å². The molecule has 0 unspecified atom stereocenters. The van der Waals surface area contributed by atoms with Crippen LogP contribution >= 0.6 is 12.4 Å². The summed E-state index contributed by atoms with van der Waals surface area (Å²) < 4.78 is 0. The smallest absolute Gasteiger partial charge is 0.132 e. The normalized spacial score (nSPS) is 17.9. The molecular weight excluding hydrogens is 424 g/mol. The van der Waals surface area contributed by atoms with Crippen molar-refractivity contribution in [3.8, 4) is 17.3 Å². The van der Waals surface area contributed by atoms with Crippen molar-refractivity contribution in [1.29, 1.82) is 5.26 Å². The fraction of sp³-hybridized carbons (Fsp3) is 0.333. The number of nitriles is 1. The summed E-state index contributed by atoms with van der Waals surface area (Å²) in [5.41, 5.74) is 4.62. The van der Waals surface area contributed by atoms with E-state index in [1.807, 2.05) is 12.4 Å². The van der Waals surface area contributed by atoms with Gasteiger partial charge in [-0.3, -0.25) is 4.98 Å². The SMILES string of the molecule is Cl.N#Cc1ccnc(Nc2cc(C3CC3)cc(-c3cncc(N4CCC[C@H](O)C4)c3)n2)c1. The first-order valence-corrected chi connectivity index (χ1v) is 10.7. The van der Waals surface area contributed by atoms with E-state index in [-0.39, 0.29) is 18.5 Å². The van der Waals surface area contributed by atoms with E-state index in [0.29, 0.717) is 29.7 Å². The van der Waals surface area contributed by atoms with E-state index in [1.54, 1.807) is 18.3 Å². The second kappa shape index (κ2) is 9.51. The molecule has 2 aliphatic rings. The molecule has 2 N–H and O–H groups in total. The number of aromatic nitrogens is 3. The van der Waals surface area contributed by atoms with Gasteiger partial charge in [-0.05, 0) is 67.5 Å². The zero-order chi connectivity index (χ0) is 21.2. The average molecular weight is 449 g/mol.